The molecule has 19 heteroatoms. The van der Waals surface area contributed by atoms with Crippen molar-refractivity contribution >= 4 is 56.7 Å². The van der Waals surface area contributed by atoms with Crippen LogP contribution in [0.1, 0.15) is 109 Å². The molecule has 6 rings (SSSR count). The molecule has 3 fully saturated rings. The van der Waals surface area contributed by atoms with Gasteiger partial charge in [0.05, 0.1) is 0 Å². The van der Waals surface area contributed by atoms with E-state index in [0.29, 0.717) is 5.75 Å². The van der Waals surface area contributed by atoms with E-state index in [0.717, 1.165) is 11.3 Å². The molecule has 3 aromatic rings. The second kappa shape index (κ2) is 26.8. The minimum Gasteiger partial charge on any atom is -0.0622 e. The summed E-state index contributed by atoms with van der Waals surface area (Å²) in [6, 6.07) is 29.3. The van der Waals surface area contributed by atoms with Gasteiger partial charge in [-0.1, -0.05) is 131 Å². The van der Waals surface area contributed by atoms with E-state index in [4.69, 9.17) is 23.7 Å². The van der Waals surface area contributed by atoms with Crippen LogP contribution in [0.25, 0.3) is 0 Å². The fraction of sp³-hybridized carbons (Fsp3) is 0.479. The summed E-state index contributed by atoms with van der Waals surface area (Å²) in [4.78, 5) is 48.3. The van der Waals surface area contributed by atoms with Crippen molar-refractivity contribution in [2.45, 2.75) is 139 Å². The predicted octanol–water partition coefficient (Wildman–Crippen LogP) is 12.9. The van der Waals surface area contributed by atoms with Crippen molar-refractivity contribution in [3.05, 3.63) is 121 Å². The summed E-state index contributed by atoms with van der Waals surface area (Å²) in [6.45, 7) is 4.79. The SMILES string of the molecule is CC(=O)OC[C@H]1O[C@@H](SCc2ccccc2P(C2CCCCC2)C2CCCCC2)[C@H](OC(C)=O)[C@@H](OC(C)=O)[C@@H]1OC(C)=O.F[P-](F)(F)(F)(F)F.[CH]([CH]c1ccccc1)[CH]c1ccccc1.[Pd+2]. The van der Waals surface area contributed by atoms with Gasteiger partial charge in [-0.15, -0.1) is 11.8 Å². The molecule has 0 bridgehead atoms. The number of halogens is 6. The van der Waals surface area contributed by atoms with Gasteiger partial charge in [-0.3, -0.25) is 19.2 Å². The van der Waals surface area contributed by atoms with E-state index < -0.39 is 61.5 Å². The van der Waals surface area contributed by atoms with Crippen LogP contribution in [0.15, 0.2) is 84.9 Å². The van der Waals surface area contributed by atoms with Gasteiger partial charge in [0.25, 0.3) is 0 Å². The van der Waals surface area contributed by atoms with Crippen LogP contribution in [0.3, 0.4) is 0 Å². The zero-order valence-electron chi connectivity index (χ0n) is 37.9. The van der Waals surface area contributed by atoms with Gasteiger partial charge >= 0.3 is 77.3 Å². The fourth-order valence-electron chi connectivity index (χ4n) is 8.19. The molecule has 5 atom stereocenters. The fourth-order valence-corrected chi connectivity index (χ4v) is 13.5. The van der Waals surface area contributed by atoms with Crippen molar-refractivity contribution in [3.63, 3.8) is 0 Å². The van der Waals surface area contributed by atoms with E-state index in [1.165, 1.54) is 126 Å². The zero-order chi connectivity index (χ0) is 48.4. The largest absolute Gasteiger partial charge is 2.00 e. The quantitative estimate of drug-likeness (QED) is 0.0479. The molecule has 0 N–H and O–H groups in total. The van der Waals surface area contributed by atoms with Crippen LogP contribution in [0, 0.1) is 19.3 Å². The van der Waals surface area contributed by atoms with Crippen molar-refractivity contribution in [1.82, 2.24) is 0 Å². The Kier molecular flexibility index (Phi) is 23.3. The molecular weight excluding hydrogens is 1030 g/mol. The Hall–Kier alpha value is -3.05. The molecule has 9 nitrogen and oxygen atoms in total. The molecule has 373 valence electrons. The Balaban J connectivity index is 0.000000423. The van der Waals surface area contributed by atoms with E-state index in [2.05, 4.69) is 67.8 Å². The van der Waals surface area contributed by atoms with E-state index in [1.54, 1.807) is 0 Å². The molecule has 0 aromatic heterocycles. The monoisotopic (exact) mass is 1090 g/mol. The first-order chi connectivity index (χ1) is 31.0. The van der Waals surface area contributed by atoms with Gasteiger partial charge in [0.2, 0.25) is 0 Å². The maximum Gasteiger partial charge on any atom is 2.00 e. The summed E-state index contributed by atoms with van der Waals surface area (Å²) in [6.07, 6.45) is 15.0. The summed E-state index contributed by atoms with van der Waals surface area (Å²) in [5, 5.41) is 1.46. The van der Waals surface area contributed by atoms with Gasteiger partial charge in [0.1, 0.15) is 18.1 Å². The van der Waals surface area contributed by atoms with Crippen molar-refractivity contribution in [2.24, 2.45) is 0 Å². The van der Waals surface area contributed by atoms with Crippen LogP contribution >= 0.6 is 27.5 Å². The van der Waals surface area contributed by atoms with Crippen LogP contribution in [-0.2, 0) is 69.0 Å². The van der Waals surface area contributed by atoms with E-state index >= 15 is 0 Å². The van der Waals surface area contributed by atoms with E-state index in [9.17, 15) is 44.4 Å². The summed E-state index contributed by atoms with van der Waals surface area (Å²) < 4.78 is 87.7. The Morgan fingerprint density at radius 3 is 1.48 bits per heavy atom. The maximum absolute atomic E-state index is 12.3. The van der Waals surface area contributed by atoms with Crippen molar-refractivity contribution < 1.29 is 88.5 Å². The number of ether oxygens (including phenoxy) is 5. The summed E-state index contributed by atoms with van der Waals surface area (Å²) >= 11 is 1.45. The predicted molar refractivity (Wildman–Crippen MR) is 248 cm³/mol. The zero-order valence-corrected chi connectivity index (χ0v) is 42.1. The molecule has 0 amide bonds. The van der Waals surface area contributed by atoms with Crippen LogP contribution in [0.2, 0.25) is 0 Å². The molecule has 0 unspecified atom stereocenters. The third-order valence-corrected chi connectivity index (χ3v) is 15.5. The Morgan fingerprint density at radius 2 is 1.03 bits per heavy atom. The van der Waals surface area contributed by atoms with Crippen LogP contribution < -0.4 is 5.30 Å². The second-order valence-corrected chi connectivity index (χ2v) is 22.1. The van der Waals surface area contributed by atoms with Crippen molar-refractivity contribution in [1.29, 1.82) is 0 Å². The first-order valence-corrected chi connectivity index (χ1v) is 26.6. The number of benzene rings is 3. The Morgan fingerprint density at radius 1 is 0.612 bits per heavy atom. The molecule has 1 aliphatic heterocycles. The summed E-state index contributed by atoms with van der Waals surface area (Å²) in [5.74, 6) is -1.79. The number of rotatable bonds is 15. The third kappa shape index (κ3) is 23.4. The van der Waals surface area contributed by atoms with Crippen molar-refractivity contribution in [2.75, 3.05) is 6.61 Å². The summed E-state index contributed by atoms with van der Waals surface area (Å²) in [7, 11) is -11.0. The number of hydrogen-bond donors (Lipinski definition) is 0. The Bertz CT molecular complexity index is 1930. The Labute approximate surface area is 409 Å². The number of hydrogen-bond acceptors (Lipinski definition) is 10. The average molecular weight is 1100 g/mol. The van der Waals surface area contributed by atoms with Crippen molar-refractivity contribution in [3.8, 4) is 0 Å². The van der Waals surface area contributed by atoms with Gasteiger partial charge in [0.15, 0.2) is 18.3 Å². The molecule has 3 aromatic carbocycles. The molecule has 3 radical (unpaired) electrons. The van der Waals surface area contributed by atoms with Gasteiger partial charge < -0.3 is 23.7 Å². The molecule has 3 aliphatic rings. The topological polar surface area (TPSA) is 114 Å². The summed E-state index contributed by atoms with van der Waals surface area (Å²) in [5.41, 5.74) is 4.39. The third-order valence-electron chi connectivity index (χ3n) is 10.7. The van der Waals surface area contributed by atoms with Gasteiger partial charge in [0, 0.05) is 33.4 Å². The van der Waals surface area contributed by atoms with Gasteiger partial charge in [-0.25, -0.2) is 0 Å². The van der Waals surface area contributed by atoms with Crippen LogP contribution in [-0.4, -0.2) is 71.7 Å². The molecule has 0 spiro atoms. The normalized spacial score (nSPS) is 22.1. The number of carbonyl (C=O) groups is 4. The number of esters is 4. The molecule has 1 heterocycles. The number of thioether (sulfide) groups is 1. The first-order valence-electron chi connectivity index (χ1n) is 22.0. The molecular formula is C48H60F6O9P2PdS+. The van der Waals surface area contributed by atoms with Gasteiger partial charge in [-0.05, 0) is 78.3 Å². The molecule has 1 saturated heterocycles. The first kappa shape index (κ1) is 58.3. The maximum atomic E-state index is 12.3. The molecule has 67 heavy (non-hydrogen) atoms. The standard InChI is InChI=1S/C33H47O9PS.C15H13.F6P.Pd/c1-21(34)38-19-28-30(39-22(2)35)31(40-23(3)36)32(41-24(4)37)33(42-28)44-20-25-13-11-12-18-29(25)43(26-14-7-5-8-15-26)27-16-9-6-10-17-27;1-3-8-14(9-4-1)12-7-13-15-10-5-2-6-11-15;1-7(2,3,4,5)6;/h11-13,18,26-28,30-33H,5-10,14-17,19-20H2,1-4H3;1-13H;;/q;;-1;+2/t28-,30-,31+,32-,33+;;;/m1.../s1. The smallest absolute Gasteiger partial charge is 0.0622 e. The second-order valence-electron chi connectivity index (χ2n) is 16.3. The minimum absolute atomic E-state index is 0. The minimum atomic E-state index is -10.7. The van der Waals surface area contributed by atoms with E-state index in [-0.39, 0.29) is 35.0 Å². The molecule has 2 aliphatic carbocycles. The van der Waals surface area contributed by atoms with Crippen LogP contribution in [0.4, 0.5) is 25.2 Å². The average Bonchev–Trinajstić information content (AvgIpc) is 3.25. The van der Waals surface area contributed by atoms with Crippen LogP contribution in [0.5, 0.6) is 0 Å². The van der Waals surface area contributed by atoms with E-state index in [1.807, 2.05) is 36.4 Å². The number of carbonyl (C=O) groups excluding carboxylic acids is 4. The molecule has 2 saturated carbocycles. The van der Waals surface area contributed by atoms with Gasteiger partial charge in [-0.2, -0.15) is 0 Å².